The number of carbonyl (C=O) groups excluding carboxylic acids is 2. The lowest BCUT2D eigenvalue weighted by Gasteiger charge is -2.33. The third-order valence-electron chi connectivity index (χ3n) is 12.5. The Morgan fingerprint density at radius 3 is 1.02 bits per heavy atom. The molecule has 0 aromatic carbocycles. The molecule has 0 spiro atoms. The average Bonchev–Trinajstić information content (AvgIpc) is 3.21. The average molecular weight is 851 g/mol. The Hall–Kier alpha value is -1.63. The summed E-state index contributed by atoms with van der Waals surface area (Å²) in [5, 5.41) is 8.74. The summed E-state index contributed by atoms with van der Waals surface area (Å²) in [7, 11) is 4.43. The van der Waals surface area contributed by atoms with Crippen LogP contribution in [0.2, 0.25) is 0 Å². The molecular formula is C53H104NO6+. The molecule has 0 saturated heterocycles. The van der Waals surface area contributed by atoms with Gasteiger partial charge in [0.15, 0.2) is 6.10 Å². The third-order valence-corrected chi connectivity index (χ3v) is 12.5. The van der Waals surface area contributed by atoms with Gasteiger partial charge >= 0.3 is 17.9 Å². The van der Waals surface area contributed by atoms with Crippen molar-refractivity contribution in [3.63, 3.8) is 0 Å². The summed E-state index contributed by atoms with van der Waals surface area (Å²) in [6.45, 7) is 6.39. The Morgan fingerprint density at radius 2 is 0.683 bits per heavy atom. The van der Waals surface area contributed by atoms with E-state index in [9.17, 15) is 14.4 Å². The highest BCUT2D eigenvalue weighted by atomic mass is 16.6. The van der Waals surface area contributed by atoms with Gasteiger partial charge in [0.1, 0.15) is 13.2 Å². The highest BCUT2D eigenvalue weighted by molar-refractivity contribution is 5.70. The van der Waals surface area contributed by atoms with Gasteiger partial charge < -0.3 is 19.1 Å². The molecule has 0 aliphatic carbocycles. The molecule has 60 heavy (non-hydrogen) atoms. The number of aliphatic carboxylic acids is 1. The number of unbranched alkanes of at least 4 members (excludes halogenated alkanes) is 36. The molecule has 0 aliphatic heterocycles. The minimum Gasteiger partial charge on any atom is -0.481 e. The first-order valence-corrected chi connectivity index (χ1v) is 26.6. The quantitative estimate of drug-likeness (QED) is 0.0372. The number of carboxylic acid groups (broad SMARTS) is 1. The van der Waals surface area contributed by atoms with Crippen LogP contribution >= 0.6 is 0 Å². The Balaban J connectivity index is 4.43. The summed E-state index contributed by atoms with van der Waals surface area (Å²) in [6, 6.07) is 0. The number of esters is 2. The summed E-state index contributed by atoms with van der Waals surface area (Å²) in [5.41, 5.74) is 0. The van der Waals surface area contributed by atoms with E-state index in [1.54, 1.807) is 0 Å². The van der Waals surface area contributed by atoms with Gasteiger partial charge in [0.2, 0.25) is 0 Å². The number of rotatable bonds is 49. The molecule has 0 amide bonds. The molecule has 0 fully saturated rings. The SMILES string of the molecule is CCCCCCCCCCCCCCCC(=O)OCC(C[N+](C)(C)CCCCCCCCCCCCCCCC(=O)O)OC(=O)CCCCCCCCCCCCCCC. The summed E-state index contributed by atoms with van der Waals surface area (Å²) < 4.78 is 12.6. The van der Waals surface area contributed by atoms with Gasteiger partial charge in [-0.1, -0.05) is 232 Å². The molecule has 1 N–H and O–H groups in total. The van der Waals surface area contributed by atoms with Crippen LogP contribution in [0.4, 0.5) is 0 Å². The topological polar surface area (TPSA) is 89.9 Å². The maximum absolute atomic E-state index is 13.0. The van der Waals surface area contributed by atoms with E-state index >= 15 is 0 Å². The van der Waals surface area contributed by atoms with Crippen molar-refractivity contribution in [2.24, 2.45) is 0 Å². The minimum absolute atomic E-state index is 0.147. The molecular weight excluding hydrogens is 747 g/mol. The van der Waals surface area contributed by atoms with Crippen molar-refractivity contribution in [3.05, 3.63) is 0 Å². The molecule has 0 heterocycles. The van der Waals surface area contributed by atoms with Crippen LogP contribution in [0.1, 0.15) is 284 Å². The lowest BCUT2D eigenvalue weighted by molar-refractivity contribution is -0.893. The zero-order valence-corrected chi connectivity index (χ0v) is 40.8. The Labute approximate surface area is 373 Å². The predicted octanol–water partition coefficient (Wildman–Crippen LogP) is 16.0. The van der Waals surface area contributed by atoms with E-state index in [0.29, 0.717) is 25.8 Å². The molecule has 7 nitrogen and oxygen atoms in total. The monoisotopic (exact) mass is 851 g/mol. The van der Waals surface area contributed by atoms with Crippen LogP contribution in [0.25, 0.3) is 0 Å². The summed E-state index contributed by atoms with van der Waals surface area (Å²) in [4.78, 5) is 36.4. The predicted molar refractivity (Wildman–Crippen MR) is 256 cm³/mol. The minimum atomic E-state index is -0.677. The lowest BCUT2D eigenvalue weighted by Crippen LogP contribution is -2.48. The number of nitrogens with zero attached hydrogens (tertiary/aromatic N) is 1. The van der Waals surface area contributed by atoms with Gasteiger partial charge in [-0.2, -0.15) is 0 Å². The number of carboxylic acids is 1. The van der Waals surface area contributed by atoms with Crippen LogP contribution in [-0.4, -0.2) is 67.4 Å². The number of hydrogen-bond acceptors (Lipinski definition) is 5. The van der Waals surface area contributed by atoms with E-state index in [2.05, 4.69) is 27.9 Å². The second-order valence-electron chi connectivity index (χ2n) is 19.4. The van der Waals surface area contributed by atoms with E-state index in [0.717, 1.165) is 62.4 Å². The van der Waals surface area contributed by atoms with Crippen LogP contribution in [0.5, 0.6) is 0 Å². The maximum Gasteiger partial charge on any atom is 0.306 e. The fraction of sp³-hybridized carbons (Fsp3) is 0.943. The Bertz CT molecular complexity index is 938. The second kappa shape index (κ2) is 45.4. The number of carbonyl (C=O) groups is 3. The van der Waals surface area contributed by atoms with Gasteiger partial charge in [0, 0.05) is 19.3 Å². The molecule has 1 atom stereocenters. The van der Waals surface area contributed by atoms with Crippen LogP contribution in [-0.2, 0) is 23.9 Å². The van der Waals surface area contributed by atoms with Crippen molar-refractivity contribution in [1.82, 2.24) is 0 Å². The van der Waals surface area contributed by atoms with Gasteiger partial charge in [0.05, 0.1) is 20.6 Å². The number of hydrogen-bond donors (Lipinski definition) is 1. The van der Waals surface area contributed by atoms with E-state index in [1.165, 1.54) is 199 Å². The molecule has 0 rings (SSSR count). The van der Waals surface area contributed by atoms with Gasteiger partial charge in [-0.3, -0.25) is 14.4 Å². The molecule has 0 radical (unpaired) electrons. The Kier molecular flexibility index (Phi) is 44.2. The first kappa shape index (κ1) is 58.4. The van der Waals surface area contributed by atoms with Gasteiger partial charge in [0.25, 0.3) is 0 Å². The van der Waals surface area contributed by atoms with Gasteiger partial charge in [-0.25, -0.2) is 0 Å². The van der Waals surface area contributed by atoms with Crippen molar-refractivity contribution in [2.75, 3.05) is 33.8 Å². The van der Waals surface area contributed by atoms with Crippen molar-refractivity contribution in [2.45, 2.75) is 290 Å². The fourth-order valence-corrected chi connectivity index (χ4v) is 8.60. The standard InChI is InChI=1S/C53H103NO6/c1-5-7-9-11-13-15-17-20-25-29-33-37-41-45-52(57)59-49-50(60-53(58)46-42-38-34-30-26-21-18-16-14-12-10-8-6-2)48-54(3,4)47-43-39-35-31-27-23-19-22-24-28-32-36-40-44-51(55)56/h50H,5-49H2,1-4H3/p+1. The number of ether oxygens (including phenoxy) is 2. The largest absolute Gasteiger partial charge is 0.481 e. The summed E-state index contributed by atoms with van der Waals surface area (Å²) >= 11 is 0. The van der Waals surface area contributed by atoms with Crippen LogP contribution in [0, 0.1) is 0 Å². The number of likely N-dealkylation sites (N-methyl/N-ethyl adjacent to an activating group) is 1. The first-order valence-electron chi connectivity index (χ1n) is 26.6. The molecule has 356 valence electrons. The Morgan fingerprint density at radius 1 is 0.400 bits per heavy atom. The third kappa shape index (κ3) is 45.9. The lowest BCUT2D eigenvalue weighted by atomic mass is 10.0. The van der Waals surface area contributed by atoms with Crippen molar-refractivity contribution < 1.29 is 33.4 Å². The van der Waals surface area contributed by atoms with Crippen molar-refractivity contribution in [1.29, 1.82) is 0 Å². The van der Waals surface area contributed by atoms with Gasteiger partial charge in [-0.05, 0) is 32.1 Å². The normalized spacial score (nSPS) is 12.2. The van der Waals surface area contributed by atoms with E-state index in [4.69, 9.17) is 14.6 Å². The van der Waals surface area contributed by atoms with Crippen molar-refractivity contribution >= 4 is 17.9 Å². The van der Waals surface area contributed by atoms with Crippen molar-refractivity contribution in [3.8, 4) is 0 Å². The molecule has 0 bridgehead atoms. The van der Waals surface area contributed by atoms with Gasteiger partial charge in [-0.15, -0.1) is 0 Å². The van der Waals surface area contributed by atoms with E-state index in [1.807, 2.05) is 0 Å². The summed E-state index contributed by atoms with van der Waals surface area (Å²) in [5.74, 6) is -0.982. The molecule has 1 unspecified atom stereocenters. The summed E-state index contributed by atoms with van der Waals surface area (Å²) in [6.07, 6.45) is 49.8. The second-order valence-corrected chi connectivity index (χ2v) is 19.4. The first-order chi connectivity index (χ1) is 29.2. The molecule has 0 aliphatic rings. The molecule has 0 aromatic heterocycles. The maximum atomic E-state index is 13.0. The smallest absolute Gasteiger partial charge is 0.306 e. The highest BCUT2D eigenvalue weighted by Gasteiger charge is 2.26. The van der Waals surface area contributed by atoms with Crippen LogP contribution < -0.4 is 0 Å². The zero-order valence-electron chi connectivity index (χ0n) is 40.8. The molecule has 0 aromatic rings. The molecule has 7 heteroatoms. The van der Waals surface area contributed by atoms with Crippen LogP contribution in [0.15, 0.2) is 0 Å². The van der Waals surface area contributed by atoms with E-state index < -0.39 is 12.1 Å². The molecule has 0 saturated carbocycles. The van der Waals surface area contributed by atoms with E-state index in [-0.39, 0.29) is 18.5 Å². The fourth-order valence-electron chi connectivity index (χ4n) is 8.60. The highest BCUT2D eigenvalue weighted by Crippen LogP contribution is 2.18. The zero-order chi connectivity index (χ0) is 44.0. The number of quaternary nitrogens is 1. The van der Waals surface area contributed by atoms with Crippen LogP contribution in [0.3, 0.4) is 0 Å².